The zero-order valence-corrected chi connectivity index (χ0v) is 11.0. The molecule has 1 unspecified atom stereocenters. The first-order valence-electron chi connectivity index (χ1n) is 6.66. The number of carbonyl (C=O) groups excluding carboxylic acids is 1. The fourth-order valence-corrected chi connectivity index (χ4v) is 2.45. The van der Waals surface area contributed by atoms with Gasteiger partial charge in [-0.3, -0.25) is 4.79 Å². The Labute approximate surface area is 116 Å². The minimum absolute atomic E-state index is 0.0316. The van der Waals surface area contributed by atoms with Gasteiger partial charge in [0.05, 0.1) is 5.92 Å². The summed E-state index contributed by atoms with van der Waals surface area (Å²) in [4.78, 5) is 16.2. The van der Waals surface area contributed by atoms with Gasteiger partial charge in [0.2, 0.25) is 11.8 Å². The second-order valence-electron chi connectivity index (χ2n) is 4.76. The average molecular weight is 272 g/mol. The van der Waals surface area contributed by atoms with Crippen LogP contribution in [0.1, 0.15) is 22.9 Å². The topological polar surface area (TPSA) is 80.1 Å². The van der Waals surface area contributed by atoms with Crippen molar-refractivity contribution in [3.63, 3.8) is 0 Å². The molecule has 0 spiro atoms. The van der Waals surface area contributed by atoms with E-state index in [0.29, 0.717) is 25.4 Å². The molecule has 1 aromatic heterocycles. The van der Waals surface area contributed by atoms with E-state index in [4.69, 9.17) is 4.52 Å². The molecular weight excluding hydrogens is 256 g/mol. The molecule has 104 valence electrons. The van der Waals surface area contributed by atoms with Gasteiger partial charge in [0.25, 0.3) is 0 Å². The highest BCUT2D eigenvalue weighted by Crippen LogP contribution is 2.23. The molecule has 0 aliphatic carbocycles. The van der Waals surface area contributed by atoms with Crippen molar-refractivity contribution in [2.75, 3.05) is 13.1 Å². The third-order valence-corrected chi connectivity index (χ3v) is 3.46. The van der Waals surface area contributed by atoms with Gasteiger partial charge in [0.1, 0.15) is 0 Å². The van der Waals surface area contributed by atoms with Gasteiger partial charge in [-0.2, -0.15) is 4.98 Å². The van der Waals surface area contributed by atoms with Gasteiger partial charge in [-0.05, 0) is 11.1 Å². The molecule has 2 aromatic rings. The number of carbonyl (C=O) groups is 1. The number of amides is 1. The van der Waals surface area contributed by atoms with E-state index >= 15 is 0 Å². The predicted molar refractivity (Wildman–Crippen MR) is 71.9 cm³/mol. The number of hydrogen-bond acceptors (Lipinski definition) is 5. The first-order chi connectivity index (χ1) is 9.84. The summed E-state index contributed by atoms with van der Waals surface area (Å²) in [6.07, 6.45) is 1.91. The number of aromatic nitrogens is 2. The van der Waals surface area contributed by atoms with E-state index < -0.39 is 0 Å². The molecule has 1 amide bonds. The molecule has 2 N–H and O–H groups in total. The number of benzene rings is 1. The zero-order valence-electron chi connectivity index (χ0n) is 11.0. The quantitative estimate of drug-likeness (QED) is 0.852. The van der Waals surface area contributed by atoms with E-state index in [2.05, 4.69) is 26.8 Å². The van der Waals surface area contributed by atoms with Gasteiger partial charge in [-0.1, -0.05) is 29.4 Å². The molecule has 3 rings (SSSR count). The van der Waals surface area contributed by atoms with Crippen molar-refractivity contribution in [3.05, 3.63) is 47.6 Å². The molecule has 0 saturated heterocycles. The largest absolute Gasteiger partial charge is 0.355 e. The lowest BCUT2D eigenvalue weighted by molar-refractivity contribution is -0.122. The minimum Gasteiger partial charge on any atom is -0.355 e. The summed E-state index contributed by atoms with van der Waals surface area (Å²) in [7, 11) is 0. The van der Waals surface area contributed by atoms with E-state index in [1.807, 2.05) is 18.2 Å². The summed E-state index contributed by atoms with van der Waals surface area (Å²) in [5, 5.41) is 9.73. The molecule has 1 atom stereocenters. The SMILES string of the molecule is O=C(NCCc1ncno1)C1CNCc2ccccc21. The number of rotatable bonds is 4. The maximum Gasteiger partial charge on any atom is 0.228 e. The normalized spacial score (nSPS) is 17.5. The van der Waals surface area contributed by atoms with Crippen LogP contribution in [0.15, 0.2) is 35.1 Å². The molecule has 0 radical (unpaired) electrons. The number of fused-ring (bicyclic) bond motifs is 1. The van der Waals surface area contributed by atoms with Crippen LogP contribution in [0.3, 0.4) is 0 Å². The van der Waals surface area contributed by atoms with Crippen LogP contribution in [0.4, 0.5) is 0 Å². The Morgan fingerprint density at radius 1 is 1.45 bits per heavy atom. The van der Waals surface area contributed by atoms with Crippen LogP contribution in [0.2, 0.25) is 0 Å². The van der Waals surface area contributed by atoms with Crippen LogP contribution >= 0.6 is 0 Å². The maximum atomic E-state index is 12.3. The van der Waals surface area contributed by atoms with Gasteiger partial charge in [-0.25, -0.2) is 0 Å². The van der Waals surface area contributed by atoms with Gasteiger partial charge < -0.3 is 15.2 Å². The zero-order chi connectivity index (χ0) is 13.8. The molecule has 6 heteroatoms. The van der Waals surface area contributed by atoms with E-state index in [9.17, 15) is 4.79 Å². The lowest BCUT2D eigenvalue weighted by Crippen LogP contribution is -2.39. The van der Waals surface area contributed by atoms with E-state index in [0.717, 1.165) is 12.1 Å². The van der Waals surface area contributed by atoms with Gasteiger partial charge >= 0.3 is 0 Å². The third-order valence-electron chi connectivity index (χ3n) is 3.46. The van der Waals surface area contributed by atoms with Crippen molar-refractivity contribution in [3.8, 4) is 0 Å². The molecule has 6 nitrogen and oxygen atoms in total. The molecule has 0 fully saturated rings. The molecule has 1 aliphatic rings. The summed E-state index contributed by atoms with van der Waals surface area (Å²) in [6.45, 7) is 1.99. The first-order valence-corrected chi connectivity index (χ1v) is 6.66. The Morgan fingerprint density at radius 2 is 2.35 bits per heavy atom. The molecule has 0 saturated carbocycles. The Balaban J connectivity index is 1.60. The number of hydrogen-bond donors (Lipinski definition) is 2. The first kappa shape index (κ1) is 12.8. The predicted octanol–water partition coefficient (Wildman–Crippen LogP) is 0.615. The summed E-state index contributed by atoms with van der Waals surface area (Å²) in [5.41, 5.74) is 2.30. The molecule has 0 bridgehead atoms. The Kier molecular flexibility index (Phi) is 3.73. The summed E-state index contributed by atoms with van der Waals surface area (Å²) >= 11 is 0. The highest BCUT2D eigenvalue weighted by atomic mass is 16.5. The van der Waals surface area contributed by atoms with Crippen LogP contribution in [-0.4, -0.2) is 29.1 Å². The van der Waals surface area contributed by atoms with Crippen LogP contribution < -0.4 is 10.6 Å². The van der Waals surface area contributed by atoms with Crippen LogP contribution in [-0.2, 0) is 17.8 Å². The van der Waals surface area contributed by atoms with Gasteiger partial charge in [-0.15, -0.1) is 0 Å². The molecule has 20 heavy (non-hydrogen) atoms. The van der Waals surface area contributed by atoms with E-state index in [1.54, 1.807) is 0 Å². The lowest BCUT2D eigenvalue weighted by atomic mass is 9.90. The second-order valence-corrected chi connectivity index (χ2v) is 4.76. The van der Waals surface area contributed by atoms with Crippen LogP contribution in [0.5, 0.6) is 0 Å². The van der Waals surface area contributed by atoms with Crippen LogP contribution in [0, 0.1) is 0 Å². The maximum absolute atomic E-state index is 12.3. The Hall–Kier alpha value is -2.21. The smallest absolute Gasteiger partial charge is 0.228 e. The van der Waals surface area contributed by atoms with Gasteiger partial charge in [0, 0.05) is 26.1 Å². The van der Waals surface area contributed by atoms with E-state index in [-0.39, 0.29) is 11.8 Å². The summed E-state index contributed by atoms with van der Waals surface area (Å²) in [5.74, 6) is 0.430. The summed E-state index contributed by atoms with van der Waals surface area (Å²) < 4.78 is 4.89. The van der Waals surface area contributed by atoms with Crippen molar-refractivity contribution in [2.45, 2.75) is 18.9 Å². The fraction of sp³-hybridized carbons (Fsp3) is 0.357. The highest BCUT2D eigenvalue weighted by Gasteiger charge is 2.25. The lowest BCUT2D eigenvalue weighted by Gasteiger charge is -2.25. The second kappa shape index (κ2) is 5.83. The van der Waals surface area contributed by atoms with Crippen molar-refractivity contribution in [2.24, 2.45) is 0 Å². The van der Waals surface area contributed by atoms with Gasteiger partial charge in [0.15, 0.2) is 6.33 Å². The van der Waals surface area contributed by atoms with Crippen LogP contribution in [0.25, 0.3) is 0 Å². The van der Waals surface area contributed by atoms with Crippen molar-refractivity contribution >= 4 is 5.91 Å². The monoisotopic (exact) mass is 272 g/mol. The fourth-order valence-electron chi connectivity index (χ4n) is 2.45. The number of nitrogens with zero attached hydrogens (tertiary/aromatic N) is 2. The third kappa shape index (κ3) is 2.70. The Bertz CT molecular complexity index is 583. The van der Waals surface area contributed by atoms with Crippen molar-refractivity contribution in [1.29, 1.82) is 0 Å². The van der Waals surface area contributed by atoms with Crippen molar-refractivity contribution in [1.82, 2.24) is 20.8 Å². The molecule has 1 aliphatic heterocycles. The van der Waals surface area contributed by atoms with Crippen molar-refractivity contribution < 1.29 is 9.32 Å². The van der Waals surface area contributed by atoms with E-state index in [1.165, 1.54) is 11.9 Å². The highest BCUT2D eigenvalue weighted by molar-refractivity contribution is 5.84. The standard InChI is InChI=1S/C14H16N4O2/c19-14(16-6-5-13-17-9-18-20-13)12-8-15-7-10-3-1-2-4-11(10)12/h1-4,9,12,15H,5-8H2,(H,16,19). The number of nitrogens with one attached hydrogen (secondary N) is 2. The molecular formula is C14H16N4O2. The molecule has 2 heterocycles. The summed E-state index contributed by atoms with van der Waals surface area (Å²) in [6, 6.07) is 8.05. The Morgan fingerprint density at radius 3 is 3.20 bits per heavy atom. The molecule has 1 aromatic carbocycles. The average Bonchev–Trinajstić information content (AvgIpc) is 3.00. The minimum atomic E-state index is -0.136.